The van der Waals surface area contributed by atoms with Crippen molar-refractivity contribution in [3.8, 4) is 10.6 Å². The van der Waals surface area contributed by atoms with Crippen molar-refractivity contribution in [2.75, 3.05) is 19.0 Å². The van der Waals surface area contributed by atoms with Crippen LogP contribution >= 0.6 is 11.3 Å². The molecule has 0 amide bonds. The van der Waals surface area contributed by atoms with E-state index >= 15 is 0 Å². The van der Waals surface area contributed by atoms with Crippen LogP contribution in [0.1, 0.15) is 11.1 Å². The van der Waals surface area contributed by atoms with E-state index in [9.17, 15) is 0 Å². The average molecular weight is 360 g/mol. The van der Waals surface area contributed by atoms with E-state index in [1.165, 1.54) is 37.6 Å². The number of fused-ring (bicyclic) bond motifs is 1. The van der Waals surface area contributed by atoms with Crippen molar-refractivity contribution in [1.82, 2.24) is 0 Å². The highest BCUT2D eigenvalue weighted by molar-refractivity contribution is 7.21. The van der Waals surface area contributed by atoms with Crippen molar-refractivity contribution in [3.05, 3.63) is 83.9 Å². The van der Waals surface area contributed by atoms with E-state index in [1.807, 2.05) is 11.3 Å². The van der Waals surface area contributed by atoms with Crippen LogP contribution in [0.4, 0.5) is 5.69 Å². The van der Waals surface area contributed by atoms with Gasteiger partial charge < -0.3 is 4.90 Å². The summed E-state index contributed by atoms with van der Waals surface area (Å²) in [4.78, 5) is 2.14. The molecule has 3 heteroatoms. The third-order valence-corrected chi connectivity index (χ3v) is 5.89. The number of aromatic nitrogens is 1. The van der Waals surface area contributed by atoms with Crippen LogP contribution in [0.3, 0.4) is 0 Å². The molecule has 0 atom stereocenters. The first-order valence-corrected chi connectivity index (χ1v) is 9.68. The summed E-state index contributed by atoms with van der Waals surface area (Å²) in [5, 5.41) is 1.31. The summed E-state index contributed by atoms with van der Waals surface area (Å²) in [7, 11) is 4.15. The van der Waals surface area contributed by atoms with Crippen LogP contribution in [0.5, 0.6) is 0 Å². The Labute approximate surface area is 159 Å². The molecular formula is C23H23N2S+. The highest BCUT2D eigenvalue weighted by Crippen LogP contribution is 2.30. The van der Waals surface area contributed by atoms with Crippen molar-refractivity contribution in [1.29, 1.82) is 0 Å². The number of aryl methyl sites for hydroxylation is 1. The van der Waals surface area contributed by atoms with Gasteiger partial charge in [0.2, 0.25) is 5.52 Å². The minimum atomic E-state index is 0.884. The van der Waals surface area contributed by atoms with Gasteiger partial charge in [0.1, 0.15) is 4.70 Å². The lowest BCUT2D eigenvalue weighted by Gasteiger charge is -2.11. The molecule has 1 heterocycles. The number of benzene rings is 3. The molecular weight excluding hydrogens is 336 g/mol. The second-order valence-electron chi connectivity index (χ2n) is 6.89. The zero-order valence-electron chi connectivity index (χ0n) is 15.4. The van der Waals surface area contributed by atoms with Gasteiger partial charge in [-0.05, 0) is 42.8 Å². The van der Waals surface area contributed by atoms with Crippen LogP contribution in [-0.2, 0) is 6.54 Å². The molecule has 0 bridgehead atoms. The predicted octanol–water partition coefficient (Wildman–Crippen LogP) is 5.28. The van der Waals surface area contributed by atoms with Gasteiger partial charge in [-0.1, -0.05) is 47.7 Å². The maximum absolute atomic E-state index is 2.45. The summed E-state index contributed by atoms with van der Waals surface area (Å²) >= 11 is 1.87. The van der Waals surface area contributed by atoms with Gasteiger partial charge in [-0.25, -0.2) is 0 Å². The summed E-state index contributed by atoms with van der Waals surface area (Å²) in [6, 6.07) is 26.3. The molecule has 0 saturated heterocycles. The highest BCUT2D eigenvalue weighted by Gasteiger charge is 2.22. The predicted molar refractivity (Wildman–Crippen MR) is 112 cm³/mol. The first-order valence-electron chi connectivity index (χ1n) is 8.86. The number of hydrogen-bond acceptors (Lipinski definition) is 2. The Morgan fingerprint density at radius 2 is 1.62 bits per heavy atom. The van der Waals surface area contributed by atoms with E-state index < -0.39 is 0 Å². The fraction of sp³-hybridized carbons (Fsp3) is 0.174. The molecule has 4 rings (SSSR count). The Bertz CT molecular complexity index is 1030. The summed E-state index contributed by atoms with van der Waals surface area (Å²) in [5.41, 5.74) is 6.42. The molecule has 2 nitrogen and oxygen atoms in total. The van der Waals surface area contributed by atoms with Gasteiger partial charge in [-0.15, -0.1) is 0 Å². The molecule has 0 aliphatic heterocycles. The van der Waals surface area contributed by atoms with E-state index in [0.717, 1.165) is 6.54 Å². The van der Waals surface area contributed by atoms with E-state index in [2.05, 4.69) is 103 Å². The molecule has 0 spiro atoms. The highest BCUT2D eigenvalue weighted by atomic mass is 32.1. The molecule has 4 aromatic rings. The summed E-state index contributed by atoms with van der Waals surface area (Å²) in [6.07, 6.45) is 0. The minimum absolute atomic E-state index is 0.884. The van der Waals surface area contributed by atoms with E-state index in [4.69, 9.17) is 0 Å². The Morgan fingerprint density at radius 1 is 0.885 bits per heavy atom. The van der Waals surface area contributed by atoms with Gasteiger partial charge in [0, 0.05) is 31.4 Å². The molecule has 3 aromatic carbocycles. The summed E-state index contributed by atoms with van der Waals surface area (Å²) in [5.74, 6) is 0. The van der Waals surface area contributed by atoms with Crippen molar-refractivity contribution in [2.24, 2.45) is 0 Å². The first kappa shape index (κ1) is 16.8. The van der Waals surface area contributed by atoms with Crippen molar-refractivity contribution >= 4 is 27.2 Å². The smallest absolute Gasteiger partial charge is 0.270 e. The number of nitrogens with zero attached hydrogens (tertiary/aromatic N) is 2. The van der Waals surface area contributed by atoms with Crippen LogP contribution in [0.2, 0.25) is 0 Å². The molecule has 130 valence electrons. The van der Waals surface area contributed by atoms with E-state index in [1.54, 1.807) is 0 Å². The SMILES string of the molecule is Cc1ccc2sc(-c3ccc(N(C)C)cc3)[n+](Cc3ccccc3)c2c1. The van der Waals surface area contributed by atoms with Crippen LogP contribution in [-0.4, -0.2) is 14.1 Å². The topological polar surface area (TPSA) is 7.12 Å². The van der Waals surface area contributed by atoms with Crippen molar-refractivity contribution < 1.29 is 4.57 Å². The van der Waals surface area contributed by atoms with Gasteiger partial charge in [-0.2, -0.15) is 4.57 Å². The molecule has 0 aliphatic rings. The van der Waals surface area contributed by atoms with Crippen molar-refractivity contribution in [2.45, 2.75) is 13.5 Å². The molecule has 0 N–H and O–H groups in total. The quantitative estimate of drug-likeness (QED) is 0.450. The Morgan fingerprint density at radius 3 is 2.31 bits per heavy atom. The molecule has 0 aliphatic carbocycles. The fourth-order valence-electron chi connectivity index (χ4n) is 3.23. The van der Waals surface area contributed by atoms with Crippen LogP contribution in [0, 0.1) is 6.92 Å². The third-order valence-electron chi connectivity index (χ3n) is 4.67. The van der Waals surface area contributed by atoms with E-state index in [-0.39, 0.29) is 0 Å². The Hall–Kier alpha value is -2.65. The fourth-order valence-corrected chi connectivity index (χ4v) is 4.38. The summed E-state index contributed by atoms with van der Waals surface area (Å²) in [6.45, 7) is 3.05. The van der Waals surface area contributed by atoms with Crippen LogP contribution < -0.4 is 9.47 Å². The monoisotopic (exact) mass is 359 g/mol. The Balaban J connectivity index is 1.86. The standard InChI is InChI=1S/C23H23N2S/c1-17-9-14-22-21(15-17)25(16-18-7-5-4-6-8-18)23(26-22)19-10-12-20(13-11-19)24(2)3/h4-15H,16H2,1-3H3/q+1. The minimum Gasteiger partial charge on any atom is -0.378 e. The zero-order chi connectivity index (χ0) is 18.1. The molecule has 1 aromatic heterocycles. The van der Waals surface area contributed by atoms with E-state index in [0.29, 0.717) is 0 Å². The summed E-state index contributed by atoms with van der Waals surface area (Å²) < 4.78 is 3.78. The molecule has 0 radical (unpaired) electrons. The lowest BCUT2D eigenvalue weighted by Crippen LogP contribution is -2.35. The number of thiazole rings is 1. The van der Waals surface area contributed by atoms with Gasteiger partial charge >= 0.3 is 0 Å². The number of hydrogen-bond donors (Lipinski definition) is 0. The van der Waals surface area contributed by atoms with Crippen LogP contribution in [0.15, 0.2) is 72.8 Å². The van der Waals surface area contributed by atoms with Gasteiger partial charge in [0.15, 0.2) is 6.54 Å². The van der Waals surface area contributed by atoms with Gasteiger partial charge in [0.05, 0.1) is 5.56 Å². The molecule has 0 fully saturated rings. The van der Waals surface area contributed by atoms with Crippen LogP contribution in [0.25, 0.3) is 20.8 Å². The average Bonchev–Trinajstić information content (AvgIpc) is 3.00. The maximum atomic E-state index is 2.45. The molecule has 0 saturated carbocycles. The van der Waals surface area contributed by atoms with Gasteiger partial charge in [-0.3, -0.25) is 0 Å². The molecule has 0 unspecified atom stereocenters. The van der Waals surface area contributed by atoms with Gasteiger partial charge in [0.25, 0.3) is 5.01 Å². The normalized spacial score (nSPS) is 11.0. The Kier molecular flexibility index (Phi) is 4.48. The zero-order valence-corrected chi connectivity index (χ0v) is 16.3. The number of anilines is 1. The largest absolute Gasteiger partial charge is 0.378 e. The second-order valence-corrected chi connectivity index (χ2v) is 7.92. The lowest BCUT2D eigenvalue weighted by atomic mass is 10.1. The maximum Gasteiger partial charge on any atom is 0.270 e. The third kappa shape index (κ3) is 3.23. The van der Waals surface area contributed by atoms with Crippen molar-refractivity contribution in [3.63, 3.8) is 0 Å². The first-order chi connectivity index (χ1) is 12.6. The lowest BCUT2D eigenvalue weighted by molar-refractivity contribution is -0.647. The molecule has 26 heavy (non-hydrogen) atoms. The second kappa shape index (κ2) is 6.93. The number of rotatable bonds is 4.